The predicted octanol–water partition coefficient (Wildman–Crippen LogP) is 4.81. The molecule has 2 unspecified atom stereocenters. The molecule has 0 amide bonds. The molecule has 0 N–H and O–H groups in total. The topological polar surface area (TPSA) is 0 Å². The average molecular weight is 206 g/mol. The van der Waals surface area contributed by atoms with Gasteiger partial charge in [0.15, 0.2) is 0 Å². The number of fused-ring (bicyclic) bond motifs is 1. The third-order valence-electron chi connectivity index (χ3n) is 5.29. The highest BCUT2D eigenvalue weighted by Crippen LogP contribution is 2.54. The Balaban J connectivity index is 2.12. The van der Waals surface area contributed by atoms with E-state index in [0.29, 0.717) is 5.41 Å². The maximum Gasteiger partial charge on any atom is -0.0206 e. The summed E-state index contributed by atoms with van der Waals surface area (Å²) in [5, 5.41) is 0. The zero-order valence-corrected chi connectivity index (χ0v) is 10.7. The van der Waals surface area contributed by atoms with Crippen LogP contribution in [0.4, 0.5) is 0 Å². The van der Waals surface area contributed by atoms with Gasteiger partial charge >= 0.3 is 0 Å². The fourth-order valence-corrected chi connectivity index (χ4v) is 4.10. The van der Waals surface area contributed by atoms with Gasteiger partial charge in [0.2, 0.25) is 0 Å². The van der Waals surface area contributed by atoms with Crippen LogP contribution in [0.3, 0.4) is 0 Å². The summed E-state index contributed by atoms with van der Waals surface area (Å²) >= 11 is 0. The Hall–Kier alpha value is -0.260. The van der Waals surface area contributed by atoms with Gasteiger partial charge in [0.05, 0.1) is 0 Å². The molecule has 0 saturated heterocycles. The molecule has 0 heterocycles. The summed E-state index contributed by atoms with van der Waals surface area (Å²) in [5.74, 6) is 2.75. The lowest BCUT2D eigenvalue weighted by atomic mass is 9.54. The van der Waals surface area contributed by atoms with Crippen molar-refractivity contribution in [2.75, 3.05) is 0 Å². The molecule has 2 saturated carbocycles. The van der Waals surface area contributed by atoms with Crippen molar-refractivity contribution >= 4 is 0 Å². The van der Waals surface area contributed by atoms with E-state index in [2.05, 4.69) is 27.4 Å². The molecule has 0 aromatic heterocycles. The Morgan fingerprint density at radius 3 is 2.67 bits per heavy atom. The number of rotatable bonds is 1. The number of hydrogen-bond acceptors (Lipinski definition) is 0. The molecule has 0 heteroatoms. The summed E-state index contributed by atoms with van der Waals surface area (Å²) in [7, 11) is 0. The van der Waals surface area contributed by atoms with Crippen molar-refractivity contribution in [1.29, 1.82) is 0 Å². The van der Waals surface area contributed by atoms with Crippen LogP contribution in [0.2, 0.25) is 0 Å². The second-order valence-electron chi connectivity index (χ2n) is 6.45. The number of hydrogen-bond donors (Lipinski definition) is 0. The van der Waals surface area contributed by atoms with Gasteiger partial charge in [-0.25, -0.2) is 0 Å². The molecule has 0 radical (unpaired) electrons. The first-order chi connectivity index (χ1) is 7.03. The first-order valence-corrected chi connectivity index (χ1v) is 6.68. The van der Waals surface area contributed by atoms with E-state index in [1.807, 2.05) is 0 Å². The van der Waals surface area contributed by atoms with Crippen LogP contribution in [0.1, 0.15) is 59.3 Å². The molecular formula is C15H26. The van der Waals surface area contributed by atoms with Crippen molar-refractivity contribution in [3.05, 3.63) is 12.2 Å². The van der Waals surface area contributed by atoms with Crippen LogP contribution >= 0.6 is 0 Å². The van der Waals surface area contributed by atoms with E-state index in [-0.39, 0.29) is 0 Å². The molecule has 0 bridgehead atoms. The van der Waals surface area contributed by atoms with E-state index < -0.39 is 0 Å². The smallest absolute Gasteiger partial charge is 0.0206 e. The molecule has 0 nitrogen and oxygen atoms in total. The first-order valence-electron chi connectivity index (χ1n) is 6.68. The largest absolute Gasteiger partial charge is 0.0999 e. The van der Waals surface area contributed by atoms with Gasteiger partial charge in [-0.2, -0.15) is 0 Å². The third-order valence-corrected chi connectivity index (χ3v) is 5.29. The maximum absolute atomic E-state index is 4.16. The van der Waals surface area contributed by atoms with E-state index in [1.54, 1.807) is 0 Å². The van der Waals surface area contributed by atoms with E-state index in [1.165, 1.54) is 44.1 Å². The second-order valence-corrected chi connectivity index (χ2v) is 6.45. The van der Waals surface area contributed by atoms with Crippen LogP contribution in [-0.4, -0.2) is 0 Å². The zero-order valence-electron chi connectivity index (χ0n) is 10.7. The molecule has 0 spiro atoms. The van der Waals surface area contributed by atoms with Crippen LogP contribution in [-0.2, 0) is 0 Å². The van der Waals surface area contributed by atoms with E-state index in [0.717, 1.165) is 17.8 Å². The lowest BCUT2D eigenvalue weighted by Gasteiger charge is -2.51. The van der Waals surface area contributed by atoms with E-state index in [9.17, 15) is 0 Å². The third kappa shape index (κ3) is 2.00. The SMILES string of the molecule is C=C(C)C1CC[C@@]2(C)CCC[C@H](C)C2C1. The van der Waals surface area contributed by atoms with Crippen LogP contribution in [0.25, 0.3) is 0 Å². The van der Waals surface area contributed by atoms with Gasteiger partial charge in [0, 0.05) is 0 Å². The highest BCUT2D eigenvalue weighted by molar-refractivity contribution is 5.04. The molecule has 2 aliphatic carbocycles. The first kappa shape index (κ1) is 11.2. The molecule has 0 aromatic carbocycles. The van der Waals surface area contributed by atoms with Crippen LogP contribution in [0.15, 0.2) is 12.2 Å². The molecule has 2 fully saturated rings. The molecule has 0 aliphatic heterocycles. The fraction of sp³-hybridized carbons (Fsp3) is 0.867. The van der Waals surface area contributed by atoms with Crippen molar-refractivity contribution in [3.63, 3.8) is 0 Å². The highest BCUT2D eigenvalue weighted by atomic mass is 14.5. The molecule has 15 heavy (non-hydrogen) atoms. The van der Waals surface area contributed by atoms with Crippen LogP contribution in [0, 0.1) is 23.2 Å². The molecular weight excluding hydrogens is 180 g/mol. The minimum atomic E-state index is 0.670. The molecule has 2 aliphatic rings. The quantitative estimate of drug-likeness (QED) is 0.540. The summed E-state index contributed by atoms with van der Waals surface area (Å²) < 4.78 is 0. The minimum Gasteiger partial charge on any atom is -0.0999 e. The van der Waals surface area contributed by atoms with Gasteiger partial charge in [0.1, 0.15) is 0 Å². The normalized spacial score (nSPS) is 45.9. The Bertz CT molecular complexity index is 253. The van der Waals surface area contributed by atoms with E-state index >= 15 is 0 Å². The number of allylic oxidation sites excluding steroid dienone is 1. The monoisotopic (exact) mass is 206 g/mol. The fourth-order valence-electron chi connectivity index (χ4n) is 4.10. The van der Waals surface area contributed by atoms with Crippen molar-refractivity contribution in [1.82, 2.24) is 0 Å². The van der Waals surface area contributed by atoms with Crippen molar-refractivity contribution in [2.24, 2.45) is 23.2 Å². The molecule has 2 rings (SSSR count). The van der Waals surface area contributed by atoms with Gasteiger partial charge in [-0.1, -0.05) is 38.8 Å². The van der Waals surface area contributed by atoms with Gasteiger partial charge in [0.25, 0.3) is 0 Å². The van der Waals surface area contributed by atoms with E-state index in [4.69, 9.17) is 0 Å². The molecule has 0 aromatic rings. The van der Waals surface area contributed by atoms with Crippen molar-refractivity contribution in [2.45, 2.75) is 59.3 Å². The summed E-state index contributed by atoms with van der Waals surface area (Å²) in [5.41, 5.74) is 2.10. The maximum atomic E-state index is 4.16. The predicted molar refractivity (Wildman–Crippen MR) is 66.8 cm³/mol. The Kier molecular flexibility index (Phi) is 2.96. The summed E-state index contributed by atoms with van der Waals surface area (Å²) in [6.07, 6.45) is 8.67. The summed E-state index contributed by atoms with van der Waals surface area (Å²) in [6.45, 7) is 11.4. The van der Waals surface area contributed by atoms with Crippen molar-refractivity contribution < 1.29 is 0 Å². The summed E-state index contributed by atoms with van der Waals surface area (Å²) in [4.78, 5) is 0. The Morgan fingerprint density at radius 2 is 2.00 bits per heavy atom. The Morgan fingerprint density at radius 1 is 1.27 bits per heavy atom. The Labute approximate surface area is 95.1 Å². The molecule has 86 valence electrons. The lowest BCUT2D eigenvalue weighted by Crippen LogP contribution is -2.41. The van der Waals surface area contributed by atoms with Gasteiger partial charge < -0.3 is 0 Å². The summed E-state index contributed by atoms with van der Waals surface area (Å²) in [6, 6.07) is 0. The lowest BCUT2D eigenvalue weighted by molar-refractivity contribution is 0.00732. The highest BCUT2D eigenvalue weighted by Gasteiger charge is 2.44. The van der Waals surface area contributed by atoms with Gasteiger partial charge in [-0.15, -0.1) is 0 Å². The average Bonchev–Trinajstić information content (AvgIpc) is 2.17. The zero-order chi connectivity index (χ0) is 11.1. The van der Waals surface area contributed by atoms with Crippen LogP contribution in [0.5, 0.6) is 0 Å². The molecule has 4 atom stereocenters. The minimum absolute atomic E-state index is 0.670. The van der Waals surface area contributed by atoms with Gasteiger partial charge in [-0.3, -0.25) is 0 Å². The van der Waals surface area contributed by atoms with Crippen molar-refractivity contribution in [3.8, 4) is 0 Å². The van der Waals surface area contributed by atoms with Gasteiger partial charge in [-0.05, 0) is 55.8 Å². The standard InChI is InChI=1S/C15H26/c1-11(2)13-7-9-15(4)8-5-6-12(3)14(15)10-13/h12-14H,1,5-10H2,2-4H3/t12-,13?,14?,15+/m0/s1. The van der Waals surface area contributed by atoms with Crippen LogP contribution < -0.4 is 0 Å². The second kappa shape index (κ2) is 3.96.